The Balaban J connectivity index is 1.98. The van der Waals surface area contributed by atoms with E-state index in [9.17, 15) is 0 Å². The zero-order valence-corrected chi connectivity index (χ0v) is 6.97. The van der Waals surface area contributed by atoms with Gasteiger partial charge in [-0.15, -0.1) is 11.8 Å². The van der Waals surface area contributed by atoms with Crippen LogP contribution in [0.5, 0.6) is 0 Å². The van der Waals surface area contributed by atoms with E-state index in [2.05, 4.69) is 22.4 Å². The zero-order chi connectivity index (χ0) is 6.86. The first kappa shape index (κ1) is 6.95. The fourth-order valence-electron chi connectivity index (χ4n) is 1.73. The van der Waals surface area contributed by atoms with Crippen LogP contribution < -0.4 is 10.6 Å². The molecule has 10 heavy (non-hydrogen) atoms. The molecule has 0 saturated carbocycles. The minimum Gasteiger partial charge on any atom is -0.314 e. The molecule has 0 bridgehead atoms. The van der Waals surface area contributed by atoms with Crippen LogP contribution in [0.3, 0.4) is 0 Å². The summed E-state index contributed by atoms with van der Waals surface area (Å²) in [4.78, 5) is 0.429. The highest BCUT2D eigenvalue weighted by Gasteiger charge is 2.34. The Hall–Kier alpha value is 0.270. The summed E-state index contributed by atoms with van der Waals surface area (Å²) in [5, 5.41) is 7.01. The summed E-state index contributed by atoms with van der Waals surface area (Å²) in [6, 6.07) is 0. The lowest BCUT2D eigenvalue weighted by Crippen LogP contribution is -2.50. The molecule has 2 heterocycles. The third kappa shape index (κ3) is 1.18. The van der Waals surface area contributed by atoms with E-state index in [-0.39, 0.29) is 0 Å². The van der Waals surface area contributed by atoms with E-state index in [1.807, 2.05) is 0 Å². The van der Waals surface area contributed by atoms with Gasteiger partial charge in [0, 0.05) is 18.8 Å². The van der Waals surface area contributed by atoms with Gasteiger partial charge in [-0.05, 0) is 19.4 Å². The monoisotopic (exact) mass is 158 g/mol. The van der Waals surface area contributed by atoms with E-state index < -0.39 is 0 Å². The van der Waals surface area contributed by atoms with Gasteiger partial charge in [-0.2, -0.15) is 0 Å². The predicted molar refractivity (Wildman–Crippen MR) is 45.3 cm³/mol. The first-order chi connectivity index (χ1) is 4.91. The predicted octanol–water partition coefficient (Wildman–Crippen LogP) is 0.402. The molecule has 2 fully saturated rings. The van der Waals surface area contributed by atoms with Gasteiger partial charge in [0.15, 0.2) is 0 Å². The third-order valence-corrected chi connectivity index (χ3v) is 3.73. The average molecular weight is 158 g/mol. The molecule has 0 aromatic heterocycles. The Kier molecular flexibility index (Phi) is 1.89. The highest BCUT2D eigenvalue weighted by Crippen LogP contribution is 2.32. The molecule has 2 aliphatic heterocycles. The van der Waals surface area contributed by atoms with Crippen LogP contribution in [-0.2, 0) is 0 Å². The summed E-state index contributed by atoms with van der Waals surface area (Å²) < 4.78 is 0. The van der Waals surface area contributed by atoms with Crippen LogP contribution in [0.2, 0.25) is 0 Å². The lowest BCUT2D eigenvalue weighted by Gasteiger charge is -2.33. The molecule has 2 nitrogen and oxygen atoms in total. The summed E-state index contributed by atoms with van der Waals surface area (Å²) in [5.41, 5.74) is 0. The lowest BCUT2D eigenvalue weighted by molar-refractivity contribution is 0.374. The second kappa shape index (κ2) is 2.72. The minimum atomic E-state index is 0.429. The minimum absolute atomic E-state index is 0.429. The molecule has 3 heteroatoms. The van der Waals surface area contributed by atoms with Crippen LogP contribution in [0.25, 0.3) is 0 Å². The van der Waals surface area contributed by atoms with Crippen molar-refractivity contribution >= 4 is 11.8 Å². The van der Waals surface area contributed by atoms with Gasteiger partial charge in [-0.1, -0.05) is 0 Å². The molecule has 1 unspecified atom stereocenters. The standard InChI is InChI=1S/C7H14N2S/c1-2-7(6-8-3-1)9-4-5-10-7/h8-9H,1-6H2. The fourth-order valence-corrected chi connectivity index (χ4v) is 3.02. The van der Waals surface area contributed by atoms with Gasteiger partial charge < -0.3 is 10.6 Å². The van der Waals surface area contributed by atoms with Crippen LogP contribution in [0.1, 0.15) is 12.8 Å². The van der Waals surface area contributed by atoms with Crippen molar-refractivity contribution in [3.63, 3.8) is 0 Å². The third-order valence-electron chi connectivity index (χ3n) is 2.27. The van der Waals surface area contributed by atoms with Gasteiger partial charge >= 0.3 is 0 Å². The number of hydrogen-bond acceptors (Lipinski definition) is 3. The Morgan fingerprint density at radius 3 is 2.90 bits per heavy atom. The van der Waals surface area contributed by atoms with Crippen molar-refractivity contribution in [3.05, 3.63) is 0 Å². The van der Waals surface area contributed by atoms with Gasteiger partial charge in [-0.3, -0.25) is 0 Å². The Bertz CT molecular complexity index is 113. The van der Waals surface area contributed by atoms with Crippen molar-refractivity contribution in [2.45, 2.75) is 17.7 Å². The van der Waals surface area contributed by atoms with Gasteiger partial charge in [0.1, 0.15) is 0 Å². The summed E-state index contributed by atoms with van der Waals surface area (Å²) in [7, 11) is 0. The van der Waals surface area contributed by atoms with Crippen LogP contribution >= 0.6 is 11.8 Å². The molecule has 0 radical (unpaired) electrons. The summed E-state index contributed by atoms with van der Waals surface area (Å²) in [6.07, 6.45) is 2.69. The first-order valence-electron chi connectivity index (χ1n) is 4.01. The fraction of sp³-hybridized carbons (Fsp3) is 1.00. The average Bonchev–Trinajstić information content (AvgIpc) is 2.39. The second-order valence-corrected chi connectivity index (χ2v) is 4.53. The molecule has 58 valence electrons. The SMILES string of the molecule is C1CNCC2(C1)NCCS2. The number of rotatable bonds is 0. The van der Waals surface area contributed by atoms with Gasteiger partial charge in [0.2, 0.25) is 0 Å². The number of nitrogens with one attached hydrogen (secondary N) is 2. The van der Waals surface area contributed by atoms with Crippen molar-refractivity contribution in [2.75, 3.05) is 25.4 Å². The van der Waals surface area contributed by atoms with Crippen molar-refractivity contribution in [1.82, 2.24) is 10.6 Å². The molecule has 2 saturated heterocycles. The smallest absolute Gasteiger partial charge is 0.0772 e. The molecule has 2 N–H and O–H groups in total. The van der Waals surface area contributed by atoms with Crippen LogP contribution in [0.15, 0.2) is 0 Å². The van der Waals surface area contributed by atoms with E-state index in [1.54, 1.807) is 0 Å². The molecular formula is C7H14N2S. The van der Waals surface area contributed by atoms with Crippen LogP contribution in [0.4, 0.5) is 0 Å². The number of hydrogen-bond donors (Lipinski definition) is 2. The van der Waals surface area contributed by atoms with E-state index in [4.69, 9.17) is 0 Å². The molecule has 2 rings (SSSR count). The zero-order valence-electron chi connectivity index (χ0n) is 6.15. The summed E-state index contributed by atoms with van der Waals surface area (Å²) in [5.74, 6) is 1.29. The van der Waals surface area contributed by atoms with Crippen molar-refractivity contribution < 1.29 is 0 Å². The first-order valence-corrected chi connectivity index (χ1v) is 5.00. The maximum absolute atomic E-state index is 3.57. The van der Waals surface area contributed by atoms with Crippen molar-refractivity contribution in [2.24, 2.45) is 0 Å². The molecule has 0 aromatic carbocycles. The number of thioether (sulfide) groups is 1. The number of piperidine rings is 1. The summed E-state index contributed by atoms with van der Waals surface area (Å²) >= 11 is 2.09. The van der Waals surface area contributed by atoms with E-state index in [0.29, 0.717) is 4.87 Å². The maximum atomic E-state index is 3.57. The molecule has 0 amide bonds. The highest BCUT2D eigenvalue weighted by atomic mass is 32.2. The molecule has 1 atom stereocenters. The maximum Gasteiger partial charge on any atom is 0.0772 e. The van der Waals surface area contributed by atoms with Crippen molar-refractivity contribution in [1.29, 1.82) is 0 Å². The van der Waals surface area contributed by atoms with Crippen LogP contribution in [-0.4, -0.2) is 30.3 Å². The van der Waals surface area contributed by atoms with Gasteiger partial charge in [0.25, 0.3) is 0 Å². The van der Waals surface area contributed by atoms with E-state index >= 15 is 0 Å². The molecular weight excluding hydrogens is 144 g/mol. The normalized spacial score (nSPS) is 40.8. The van der Waals surface area contributed by atoms with Crippen LogP contribution in [0, 0.1) is 0 Å². The molecule has 1 spiro atoms. The topological polar surface area (TPSA) is 24.1 Å². The Morgan fingerprint density at radius 1 is 1.30 bits per heavy atom. The van der Waals surface area contributed by atoms with E-state index in [1.165, 1.54) is 31.7 Å². The van der Waals surface area contributed by atoms with Gasteiger partial charge in [-0.25, -0.2) is 0 Å². The molecule has 2 aliphatic rings. The second-order valence-electron chi connectivity index (χ2n) is 3.05. The summed E-state index contributed by atoms with van der Waals surface area (Å²) in [6.45, 7) is 3.58. The largest absolute Gasteiger partial charge is 0.314 e. The Labute approximate surface area is 66.1 Å². The van der Waals surface area contributed by atoms with Gasteiger partial charge in [0.05, 0.1) is 4.87 Å². The Morgan fingerprint density at radius 2 is 2.30 bits per heavy atom. The molecule has 0 aromatic rings. The highest BCUT2D eigenvalue weighted by molar-refractivity contribution is 8.00. The molecule has 0 aliphatic carbocycles. The quantitative estimate of drug-likeness (QED) is 0.534. The van der Waals surface area contributed by atoms with E-state index in [0.717, 1.165) is 6.54 Å². The van der Waals surface area contributed by atoms with Crippen molar-refractivity contribution in [3.8, 4) is 0 Å². The lowest BCUT2D eigenvalue weighted by atomic mass is 10.1.